The molecule has 2 aliphatic rings. The van der Waals surface area contributed by atoms with Gasteiger partial charge in [-0.1, -0.05) is 6.07 Å². The van der Waals surface area contributed by atoms with E-state index in [0.717, 1.165) is 0 Å². The zero-order valence-corrected chi connectivity index (χ0v) is 18.6. The molecule has 0 aromatic heterocycles. The molecule has 5 rings (SSSR count). The number of nitrogens with one attached hydrogen (secondary N) is 2. The molecule has 0 bridgehead atoms. The highest BCUT2D eigenvalue weighted by atomic mass is 16.6. The average Bonchev–Trinajstić information content (AvgIpc) is 3.31. The Balaban J connectivity index is 1.39. The lowest BCUT2D eigenvalue weighted by Crippen LogP contribution is -2.16. The molecule has 0 radical (unpaired) electrons. The van der Waals surface area contributed by atoms with E-state index >= 15 is 0 Å². The molecule has 3 aromatic rings. The molecule has 37 heavy (non-hydrogen) atoms. The van der Waals surface area contributed by atoms with Gasteiger partial charge in [-0.05, 0) is 48.5 Å². The molecule has 184 valence electrons. The molecular formula is C25H15N3O9. The minimum Gasteiger partial charge on any atom is -0.478 e. The summed E-state index contributed by atoms with van der Waals surface area (Å²) in [5, 5.41) is 14.5. The molecule has 2 amide bonds. The van der Waals surface area contributed by atoms with Crippen LogP contribution in [0.1, 0.15) is 73.9 Å². The van der Waals surface area contributed by atoms with Gasteiger partial charge in [0, 0.05) is 28.1 Å². The number of cyclic esters (lactones) is 3. The van der Waals surface area contributed by atoms with E-state index in [1.54, 1.807) is 0 Å². The number of esters is 3. The summed E-state index contributed by atoms with van der Waals surface area (Å²) in [6.45, 7) is 0. The number of amides is 2. The standard InChI is InChI=1S/C25H15N3O9/c26-19-15-3-1-10(7-17(15)24(34)36-19)20(29)27-13-5-12(22(31)32)6-14(9-13)28-21(30)11-2-4-16-18(8-11)25(35)37-23(16)33/h1-9,19H,26H2,(H,27,29)(H,28,30)(H,31,32). The predicted octanol–water partition coefficient (Wildman–Crippen LogP) is 2.33. The number of anilines is 2. The van der Waals surface area contributed by atoms with Gasteiger partial charge in [-0.2, -0.15) is 0 Å². The summed E-state index contributed by atoms with van der Waals surface area (Å²) in [5.74, 6) is -5.04. The number of hydrogen-bond acceptors (Lipinski definition) is 9. The summed E-state index contributed by atoms with van der Waals surface area (Å²) >= 11 is 0. The van der Waals surface area contributed by atoms with Gasteiger partial charge in [-0.25, -0.2) is 19.2 Å². The number of aromatic carboxylic acids is 1. The maximum absolute atomic E-state index is 12.8. The third-order valence-corrected chi connectivity index (χ3v) is 5.68. The minimum absolute atomic E-state index is 0.0138. The molecule has 5 N–H and O–H groups in total. The molecule has 0 aliphatic carbocycles. The molecule has 12 heteroatoms. The maximum atomic E-state index is 12.8. The Morgan fingerprint density at radius 1 is 0.703 bits per heavy atom. The van der Waals surface area contributed by atoms with Gasteiger partial charge in [0.1, 0.15) is 0 Å². The zero-order valence-electron chi connectivity index (χ0n) is 18.6. The van der Waals surface area contributed by atoms with Crippen LogP contribution in [0.15, 0.2) is 54.6 Å². The van der Waals surface area contributed by atoms with Crippen molar-refractivity contribution in [2.75, 3.05) is 10.6 Å². The molecule has 12 nitrogen and oxygen atoms in total. The number of ether oxygens (including phenoxy) is 2. The molecule has 2 aliphatic heterocycles. The van der Waals surface area contributed by atoms with Crippen molar-refractivity contribution in [3.63, 3.8) is 0 Å². The first-order valence-corrected chi connectivity index (χ1v) is 10.6. The molecule has 0 saturated carbocycles. The number of fused-ring (bicyclic) bond motifs is 2. The van der Waals surface area contributed by atoms with Crippen molar-refractivity contribution in [2.24, 2.45) is 5.73 Å². The third-order valence-electron chi connectivity index (χ3n) is 5.68. The van der Waals surface area contributed by atoms with Gasteiger partial charge in [-0.3, -0.25) is 15.3 Å². The minimum atomic E-state index is -1.32. The van der Waals surface area contributed by atoms with Crippen LogP contribution in [0.5, 0.6) is 0 Å². The highest BCUT2D eigenvalue weighted by molar-refractivity contribution is 6.16. The van der Waals surface area contributed by atoms with E-state index in [9.17, 15) is 33.9 Å². The van der Waals surface area contributed by atoms with Gasteiger partial charge in [0.15, 0.2) is 6.23 Å². The van der Waals surface area contributed by atoms with E-state index in [2.05, 4.69) is 15.4 Å². The van der Waals surface area contributed by atoms with Crippen LogP contribution in [0.4, 0.5) is 11.4 Å². The second-order valence-corrected chi connectivity index (χ2v) is 8.08. The molecule has 2 heterocycles. The summed E-state index contributed by atoms with van der Waals surface area (Å²) in [6.07, 6.45) is -0.921. The Labute approximate surface area is 207 Å². The number of carbonyl (C=O) groups excluding carboxylic acids is 5. The molecule has 1 atom stereocenters. The fraction of sp³-hybridized carbons (Fsp3) is 0.0400. The van der Waals surface area contributed by atoms with Gasteiger partial charge >= 0.3 is 23.9 Å². The van der Waals surface area contributed by atoms with E-state index in [0.29, 0.717) is 5.56 Å². The fourth-order valence-electron chi connectivity index (χ4n) is 3.89. The van der Waals surface area contributed by atoms with E-state index in [4.69, 9.17) is 10.5 Å². The fourth-order valence-corrected chi connectivity index (χ4v) is 3.89. The summed E-state index contributed by atoms with van der Waals surface area (Å²) < 4.78 is 9.42. The molecule has 1 unspecified atom stereocenters. The van der Waals surface area contributed by atoms with Crippen LogP contribution >= 0.6 is 0 Å². The van der Waals surface area contributed by atoms with Crippen LogP contribution in [0.2, 0.25) is 0 Å². The van der Waals surface area contributed by atoms with E-state index in [1.807, 2.05) is 0 Å². The number of carboxylic acids is 1. The first kappa shape index (κ1) is 23.4. The average molecular weight is 501 g/mol. The SMILES string of the molecule is NC1OC(=O)c2cc(C(=O)Nc3cc(NC(=O)c4ccc5c(c4)C(=O)OC5=O)cc(C(=O)O)c3)ccc21. The third kappa shape index (κ3) is 4.28. The molecule has 0 spiro atoms. The molecular weight excluding hydrogens is 486 g/mol. The van der Waals surface area contributed by atoms with Crippen LogP contribution in [0, 0.1) is 0 Å². The Kier molecular flexibility index (Phi) is 5.50. The Morgan fingerprint density at radius 3 is 1.89 bits per heavy atom. The van der Waals surface area contributed by atoms with Crippen molar-refractivity contribution < 1.29 is 43.3 Å². The van der Waals surface area contributed by atoms with Crippen LogP contribution in [-0.2, 0) is 9.47 Å². The van der Waals surface area contributed by atoms with Crippen molar-refractivity contribution >= 4 is 47.1 Å². The van der Waals surface area contributed by atoms with Crippen LogP contribution < -0.4 is 16.4 Å². The first-order chi connectivity index (χ1) is 17.6. The lowest BCUT2D eigenvalue weighted by Gasteiger charge is -2.11. The van der Waals surface area contributed by atoms with Crippen molar-refractivity contribution in [1.29, 1.82) is 0 Å². The molecule has 0 saturated heterocycles. The van der Waals surface area contributed by atoms with Crippen LogP contribution in [0.25, 0.3) is 0 Å². The largest absolute Gasteiger partial charge is 0.478 e. The summed E-state index contributed by atoms with van der Waals surface area (Å²) in [5.41, 5.74) is 6.19. The number of rotatable bonds is 5. The zero-order chi connectivity index (χ0) is 26.4. The predicted molar refractivity (Wildman–Crippen MR) is 124 cm³/mol. The number of hydrogen-bond donors (Lipinski definition) is 4. The molecule has 3 aromatic carbocycles. The van der Waals surface area contributed by atoms with Crippen LogP contribution in [-0.4, -0.2) is 40.8 Å². The highest BCUT2D eigenvalue weighted by Gasteiger charge is 2.31. The van der Waals surface area contributed by atoms with Gasteiger partial charge in [0.25, 0.3) is 11.8 Å². The van der Waals surface area contributed by atoms with Crippen molar-refractivity contribution in [2.45, 2.75) is 6.23 Å². The van der Waals surface area contributed by atoms with Crippen molar-refractivity contribution in [3.05, 3.63) is 93.5 Å². The lowest BCUT2D eigenvalue weighted by molar-refractivity contribution is 0.0395. The highest BCUT2D eigenvalue weighted by Crippen LogP contribution is 2.28. The normalized spacial score (nSPS) is 15.4. The Hall–Kier alpha value is -5.36. The number of carboxylic acid groups (broad SMARTS) is 1. The monoisotopic (exact) mass is 501 g/mol. The van der Waals surface area contributed by atoms with Crippen molar-refractivity contribution in [3.8, 4) is 0 Å². The second kappa shape index (κ2) is 8.70. The van der Waals surface area contributed by atoms with Gasteiger partial charge in [-0.15, -0.1) is 0 Å². The Bertz CT molecular complexity index is 1580. The van der Waals surface area contributed by atoms with Gasteiger partial charge < -0.3 is 25.2 Å². The van der Waals surface area contributed by atoms with Gasteiger partial charge in [0.2, 0.25) is 0 Å². The summed E-state index contributed by atoms with van der Waals surface area (Å²) in [6, 6.07) is 11.7. The lowest BCUT2D eigenvalue weighted by atomic mass is 10.0. The van der Waals surface area contributed by atoms with E-state index in [1.165, 1.54) is 54.6 Å². The number of nitrogens with two attached hydrogens (primary N) is 1. The second-order valence-electron chi connectivity index (χ2n) is 8.08. The topological polar surface area (TPSA) is 191 Å². The van der Waals surface area contributed by atoms with E-state index in [-0.39, 0.29) is 44.8 Å². The smallest absolute Gasteiger partial charge is 0.346 e. The Morgan fingerprint density at radius 2 is 1.27 bits per heavy atom. The number of carbonyl (C=O) groups is 6. The maximum Gasteiger partial charge on any atom is 0.346 e. The van der Waals surface area contributed by atoms with Gasteiger partial charge in [0.05, 0.1) is 22.3 Å². The number of benzene rings is 3. The van der Waals surface area contributed by atoms with Crippen LogP contribution in [0.3, 0.4) is 0 Å². The first-order valence-electron chi connectivity index (χ1n) is 10.6. The quantitative estimate of drug-likeness (QED) is 0.298. The summed E-state index contributed by atoms with van der Waals surface area (Å²) in [4.78, 5) is 72.5. The van der Waals surface area contributed by atoms with E-state index < -0.39 is 41.9 Å². The van der Waals surface area contributed by atoms with Crippen molar-refractivity contribution in [1.82, 2.24) is 0 Å². The molecule has 0 fully saturated rings. The summed E-state index contributed by atoms with van der Waals surface area (Å²) in [7, 11) is 0.